The first-order valence-electron chi connectivity index (χ1n) is 6.90. The molecule has 0 spiro atoms. The number of amides is 1. The summed E-state index contributed by atoms with van der Waals surface area (Å²) in [5.74, 6) is -1.56. The average Bonchev–Trinajstić information content (AvgIpc) is 2.43. The van der Waals surface area contributed by atoms with Gasteiger partial charge in [0.2, 0.25) is 0 Å². The molecule has 0 aliphatic carbocycles. The second-order valence-corrected chi connectivity index (χ2v) is 4.85. The Bertz CT molecular complexity index is 487. The van der Waals surface area contributed by atoms with Crippen LogP contribution in [0.2, 0.25) is 5.02 Å². The van der Waals surface area contributed by atoms with Gasteiger partial charge in [0, 0.05) is 13.1 Å². The highest BCUT2D eigenvalue weighted by Gasteiger charge is 2.22. The Balaban J connectivity index is 2.84. The molecule has 0 aromatic heterocycles. The van der Waals surface area contributed by atoms with Gasteiger partial charge in [-0.05, 0) is 25.5 Å². The summed E-state index contributed by atoms with van der Waals surface area (Å²) in [6.45, 7) is 4.50. The summed E-state index contributed by atoms with van der Waals surface area (Å²) >= 11 is 5.90. The summed E-state index contributed by atoms with van der Waals surface area (Å²) in [6.07, 6.45) is 0.770. The van der Waals surface area contributed by atoms with Crippen LogP contribution in [0, 0.1) is 5.82 Å². The van der Waals surface area contributed by atoms with Crippen LogP contribution in [-0.4, -0.2) is 36.5 Å². The summed E-state index contributed by atoms with van der Waals surface area (Å²) in [6, 6.07) is 4.10. The summed E-state index contributed by atoms with van der Waals surface area (Å²) in [4.78, 5) is 25.2. The van der Waals surface area contributed by atoms with Gasteiger partial charge in [0.25, 0.3) is 5.91 Å². The third-order valence-corrected chi connectivity index (χ3v) is 3.16. The van der Waals surface area contributed by atoms with Gasteiger partial charge in [0.1, 0.15) is 5.82 Å². The zero-order valence-corrected chi connectivity index (χ0v) is 13.0. The van der Waals surface area contributed by atoms with Crippen molar-refractivity contribution in [1.82, 2.24) is 4.90 Å². The average molecular weight is 316 g/mol. The van der Waals surface area contributed by atoms with Crippen molar-refractivity contribution in [2.75, 3.05) is 19.7 Å². The molecule has 6 heteroatoms. The predicted octanol–water partition coefficient (Wildman–Crippen LogP) is 3.28. The van der Waals surface area contributed by atoms with Crippen LogP contribution in [0.1, 0.15) is 37.0 Å². The van der Waals surface area contributed by atoms with E-state index in [1.165, 1.54) is 23.1 Å². The number of nitrogens with zero attached hydrogens (tertiary/aromatic N) is 1. The lowest BCUT2D eigenvalue weighted by molar-refractivity contribution is -0.143. The Kier molecular flexibility index (Phi) is 7.15. The summed E-state index contributed by atoms with van der Waals surface area (Å²) < 4.78 is 18.6. The van der Waals surface area contributed by atoms with E-state index in [2.05, 4.69) is 0 Å². The molecular weight excluding hydrogens is 297 g/mol. The zero-order valence-electron chi connectivity index (χ0n) is 12.2. The van der Waals surface area contributed by atoms with Crippen molar-refractivity contribution in [1.29, 1.82) is 0 Å². The van der Waals surface area contributed by atoms with E-state index in [0.717, 1.165) is 0 Å². The van der Waals surface area contributed by atoms with Crippen molar-refractivity contribution in [3.63, 3.8) is 0 Å². The minimum Gasteiger partial charge on any atom is -0.466 e. The molecule has 21 heavy (non-hydrogen) atoms. The molecule has 1 aromatic carbocycles. The van der Waals surface area contributed by atoms with Crippen LogP contribution in [0.25, 0.3) is 0 Å². The predicted molar refractivity (Wildman–Crippen MR) is 78.9 cm³/mol. The minimum atomic E-state index is -0.662. The van der Waals surface area contributed by atoms with Crippen LogP contribution in [-0.2, 0) is 9.53 Å². The Morgan fingerprint density at radius 2 is 2.00 bits per heavy atom. The Hall–Kier alpha value is -1.62. The molecule has 1 rings (SSSR count). The van der Waals surface area contributed by atoms with Gasteiger partial charge in [-0.25, -0.2) is 4.39 Å². The molecule has 0 N–H and O–H groups in total. The number of halogens is 2. The lowest BCUT2D eigenvalue weighted by atomic mass is 10.1. The molecule has 1 amide bonds. The maximum absolute atomic E-state index is 13.8. The number of ether oxygens (including phenoxy) is 1. The van der Waals surface area contributed by atoms with Crippen LogP contribution in [0.3, 0.4) is 0 Å². The molecule has 0 aliphatic rings. The third kappa shape index (κ3) is 5.01. The van der Waals surface area contributed by atoms with Gasteiger partial charge >= 0.3 is 5.97 Å². The second kappa shape index (κ2) is 8.62. The zero-order chi connectivity index (χ0) is 15.8. The monoisotopic (exact) mass is 315 g/mol. The van der Waals surface area contributed by atoms with Crippen LogP contribution >= 0.6 is 11.6 Å². The molecule has 0 atom stereocenters. The van der Waals surface area contributed by atoms with E-state index in [4.69, 9.17) is 16.3 Å². The van der Waals surface area contributed by atoms with Crippen LogP contribution in [0.4, 0.5) is 4.39 Å². The molecule has 0 radical (unpaired) electrons. The largest absolute Gasteiger partial charge is 0.466 e. The number of esters is 1. The molecule has 0 unspecified atom stereocenters. The summed E-state index contributed by atoms with van der Waals surface area (Å²) in [5.41, 5.74) is -0.156. The number of hydrogen-bond acceptors (Lipinski definition) is 3. The fraction of sp³-hybridized carbons (Fsp3) is 0.467. The van der Waals surface area contributed by atoms with E-state index >= 15 is 0 Å². The number of hydrogen-bond donors (Lipinski definition) is 0. The maximum Gasteiger partial charge on any atom is 0.307 e. The van der Waals surface area contributed by atoms with E-state index in [1.54, 1.807) is 6.92 Å². The van der Waals surface area contributed by atoms with Crippen molar-refractivity contribution >= 4 is 23.5 Å². The standard InChI is InChI=1S/C15H19ClFNO3/c1-3-9-18(10-8-13(19)21-4-2)15(20)14-11(16)6-5-7-12(14)17/h5-7H,3-4,8-10H2,1-2H3. The molecule has 116 valence electrons. The Labute approximate surface area is 128 Å². The molecule has 0 saturated carbocycles. The summed E-state index contributed by atoms with van der Waals surface area (Å²) in [5, 5.41) is 0.0669. The topological polar surface area (TPSA) is 46.6 Å². The van der Waals surface area contributed by atoms with Crippen molar-refractivity contribution in [2.45, 2.75) is 26.7 Å². The van der Waals surface area contributed by atoms with Crippen molar-refractivity contribution in [2.24, 2.45) is 0 Å². The molecule has 0 aliphatic heterocycles. The van der Waals surface area contributed by atoms with E-state index in [1.807, 2.05) is 6.92 Å². The fourth-order valence-electron chi connectivity index (χ4n) is 1.90. The quantitative estimate of drug-likeness (QED) is 0.725. The van der Waals surface area contributed by atoms with Crippen LogP contribution in [0.5, 0.6) is 0 Å². The highest BCUT2D eigenvalue weighted by molar-refractivity contribution is 6.33. The number of carbonyl (C=O) groups is 2. The van der Waals surface area contributed by atoms with E-state index in [-0.39, 0.29) is 29.5 Å². The number of rotatable bonds is 7. The third-order valence-electron chi connectivity index (χ3n) is 2.85. The van der Waals surface area contributed by atoms with Gasteiger partial charge in [0.15, 0.2) is 0 Å². The molecule has 1 aromatic rings. The highest BCUT2D eigenvalue weighted by atomic mass is 35.5. The molecule has 0 heterocycles. The normalized spacial score (nSPS) is 10.3. The van der Waals surface area contributed by atoms with Crippen molar-refractivity contribution < 1.29 is 18.7 Å². The minimum absolute atomic E-state index is 0.0669. The van der Waals surface area contributed by atoms with Gasteiger partial charge in [-0.3, -0.25) is 9.59 Å². The fourth-order valence-corrected chi connectivity index (χ4v) is 2.15. The highest BCUT2D eigenvalue weighted by Crippen LogP contribution is 2.21. The molecule has 0 saturated heterocycles. The van der Waals surface area contributed by atoms with Gasteiger partial charge in [0.05, 0.1) is 23.6 Å². The van der Waals surface area contributed by atoms with E-state index in [0.29, 0.717) is 19.6 Å². The maximum atomic E-state index is 13.8. The first-order valence-corrected chi connectivity index (χ1v) is 7.27. The van der Waals surface area contributed by atoms with Crippen molar-refractivity contribution in [3.8, 4) is 0 Å². The lowest BCUT2D eigenvalue weighted by Crippen LogP contribution is -2.34. The number of benzene rings is 1. The summed E-state index contributed by atoms with van der Waals surface area (Å²) in [7, 11) is 0. The number of carbonyl (C=O) groups excluding carboxylic acids is 2. The van der Waals surface area contributed by atoms with Gasteiger partial charge in [-0.15, -0.1) is 0 Å². The Morgan fingerprint density at radius 3 is 2.57 bits per heavy atom. The Morgan fingerprint density at radius 1 is 1.29 bits per heavy atom. The van der Waals surface area contributed by atoms with Gasteiger partial charge in [-0.1, -0.05) is 24.6 Å². The molecule has 4 nitrogen and oxygen atoms in total. The molecular formula is C15H19ClFNO3. The molecule has 0 bridgehead atoms. The first-order chi connectivity index (χ1) is 10.0. The lowest BCUT2D eigenvalue weighted by Gasteiger charge is -2.22. The van der Waals surface area contributed by atoms with E-state index in [9.17, 15) is 14.0 Å². The SMILES string of the molecule is CCCN(CCC(=O)OCC)C(=O)c1c(F)cccc1Cl. The van der Waals surface area contributed by atoms with Gasteiger partial charge < -0.3 is 9.64 Å². The van der Waals surface area contributed by atoms with Crippen LogP contribution in [0.15, 0.2) is 18.2 Å². The molecule has 0 fully saturated rings. The first kappa shape index (κ1) is 17.4. The smallest absolute Gasteiger partial charge is 0.307 e. The van der Waals surface area contributed by atoms with Gasteiger partial charge in [-0.2, -0.15) is 0 Å². The van der Waals surface area contributed by atoms with Crippen molar-refractivity contribution in [3.05, 3.63) is 34.6 Å². The van der Waals surface area contributed by atoms with E-state index < -0.39 is 11.7 Å². The van der Waals surface area contributed by atoms with Crippen LogP contribution < -0.4 is 0 Å². The second-order valence-electron chi connectivity index (χ2n) is 4.44.